The van der Waals surface area contributed by atoms with Gasteiger partial charge in [-0.1, -0.05) is 54.6 Å². The third kappa shape index (κ3) is 5.09. The number of carbonyl (C=O) groups is 1. The number of rotatable bonds is 6. The minimum absolute atomic E-state index is 0.0431. The summed E-state index contributed by atoms with van der Waals surface area (Å²) >= 11 is 0. The predicted molar refractivity (Wildman–Crippen MR) is 119 cm³/mol. The lowest BCUT2D eigenvalue weighted by Gasteiger charge is -2.39. The van der Waals surface area contributed by atoms with E-state index in [9.17, 15) is 9.90 Å². The molecule has 2 aromatic rings. The van der Waals surface area contributed by atoms with Gasteiger partial charge in [-0.25, -0.2) is 0 Å². The molecular weight excluding hydrogens is 374 g/mol. The predicted octanol–water partition coefficient (Wildman–Crippen LogP) is 2.71. The molecule has 2 atom stereocenters. The van der Waals surface area contributed by atoms with Crippen molar-refractivity contribution in [2.75, 3.05) is 19.6 Å². The first-order valence-electron chi connectivity index (χ1n) is 11.1. The van der Waals surface area contributed by atoms with Crippen LogP contribution in [0.1, 0.15) is 36.0 Å². The van der Waals surface area contributed by atoms with Crippen LogP contribution in [0.2, 0.25) is 0 Å². The standard InChI is InChI=1S/C25H33N3O2/c1-19-7-5-6-10-21(19)16-26-25(30)24-15-23(29)18-28(24)22-11-13-27(14-12-22)17-20-8-3-2-4-9-20/h2-10,22-24,29H,11-18H2,1H3,(H,26,30)/t23-,24+/m1/s1. The van der Waals surface area contributed by atoms with Crippen LogP contribution in [0.5, 0.6) is 0 Å². The first kappa shape index (κ1) is 21.0. The number of piperidine rings is 1. The number of aliphatic hydroxyl groups excluding tert-OH is 1. The Morgan fingerprint density at radius 3 is 2.50 bits per heavy atom. The van der Waals surface area contributed by atoms with Crippen molar-refractivity contribution in [2.45, 2.75) is 57.5 Å². The van der Waals surface area contributed by atoms with Gasteiger partial charge in [0.05, 0.1) is 12.1 Å². The SMILES string of the molecule is Cc1ccccc1CNC(=O)[C@@H]1C[C@@H](O)CN1C1CCN(Cc2ccccc2)CC1. The largest absolute Gasteiger partial charge is 0.392 e. The number of hydrogen-bond acceptors (Lipinski definition) is 4. The maximum atomic E-state index is 13.0. The molecule has 0 spiro atoms. The van der Waals surface area contributed by atoms with Gasteiger partial charge in [-0.3, -0.25) is 14.6 Å². The van der Waals surface area contributed by atoms with Crippen molar-refractivity contribution < 1.29 is 9.90 Å². The lowest BCUT2D eigenvalue weighted by atomic mass is 10.0. The third-order valence-electron chi connectivity index (χ3n) is 6.61. The maximum Gasteiger partial charge on any atom is 0.237 e. The number of nitrogens with one attached hydrogen (secondary N) is 1. The van der Waals surface area contributed by atoms with Gasteiger partial charge in [0.25, 0.3) is 0 Å². The van der Waals surface area contributed by atoms with E-state index in [1.165, 1.54) is 11.1 Å². The van der Waals surface area contributed by atoms with E-state index in [2.05, 4.69) is 64.5 Å². The van der Waals surface area contributed by atoms with E-state index in [0.717, 1.165) is 38.0 Å². The first-order valence-corrected chi connectivity index (χ1v) is 11.1. The summed E-state index contributed by atoms with van der Waals surface area (Å²) in [6, 6.07) is 18.9. The summed E-state index contributed by atoms with van der Waals surface area (Å²) in [5.41, 5.74) is 3.68. The maximum absolute atomic E-state index is 13.0. The van der Waals surface area contributed by atoms with Crippen molar-refractivity contribution in [1.82, 2.24) is 15.1 Å². The summed E-state index contributed by atoms with van der Waals surface area (Å²) in [6.45, 7) is 6.26. The summed E-state index contributed by atoms with van der Waals surface area (Å²) in [7, 11) is 0. The quantitative estimate of drug-likeness (QED) is 0.773. The molecule has 1 amide bonds. The molecule has 2 saturated heterocycles. The number of amides is 1. The van der Waals surface area contributed by atoms with E-state index < -0.39 is 6.10 Å². The van der Waals surface area contributed by atoms with Gasteiger partial charge in [-0.05, 0) is 56.0 Å². The van der Waals surface area contributed by atoms with Crippen LogP contribution in [0, 0.1) is 6.92 Å². The molecule has 0 bridgehead atoms. The second-order valence-corrected chi connectivity index (χ2v) is 8.74. The number of β-amino-alcohol motifs (C(OH)–C–C–N with tert-alkyl or cyclic N) is 1. The molecule has 2 aromatic carbocycles. The van der Waals surface area contributed by atoms with Crippen molar-refractivity contribution in [3.05, 3.63) is 71.3 Å². The Hall–Kier alpha value is -2.21. The number of hydrogen-bond donors (Lipinski definition) is 2. The normalized spacial score (nSPS) is 23.5. The molecule has 2 fully saturated rings. The van der Waals surface area contributed by atoms with Crippen molar-refractivity contribution in [3.8, 4) is 0 Å². The fourth-order valence-electron chi connectivity index (χ4n) is 4.86. The van der Waals surface area contributed by atoms with Gasteiger partial charge in [0, 0.05) is 25.7 Å². The summed E-state index contributed by atoms with van der Waals surface area (Å²) in [6.07, 6.45) is 2.20. The molecule has 5 heteroatoms. The highest BCUT2D eigenvalue weighted by molar-refractivity contribution is 5.82. The number of nitrogens with zero attached hydrogens (tertiary/aromatic N) is 2. The van der Waals surface area contributed by atoms with E-state index in [0.29, 0.717) is 25.6 Å². The lowest BCUT2D eigenvalue weighted by molar-refractivity contribution is -0.126. The summed E-state index contributed by atoms with van der Waals surface area (Å²) in [5.74, 6) is 0.0431. The first-order chi connectivity index (χ1) is 14.6. The topological polar surface area (TPSA) is 55.8 Å². The highest BCUT2D eigenvalue weighted by atomic mass is 16.3. The molecule has 2 heterocycles. The zero-order valence-corrected chi connectivity index (χ0v) is 17.8. The Morgan fingerprint density at radius 2 is 1.77 bits per heavy atom. The summed E-state index contributed by atoms with van der Waals surface area (Å²) in [4.78, 5) is 17.7. The van der Waals surface area contributed by atoms with Crippen LogP contribution < -0.4 is 5.32 Å². The molecular formula is C25H33N3O2. The Kier molecular flexibility index (Phi) is 6.82. The second kappa shape index (κ2) is 9.73. The van der Waals surface area contributed by atoms with E-state index in [-0.39, 0.29) is 11.9 Å². The molecule has 160 valence electrons. The second-order valence-electron chi connectivity index (χ2n) is 8.74. The smallest absolute Gasteiger partial charge is 0.237 e. The molecule has 0 saturated carbocycles. The fraction of sp³-hybridized carbons (Fsp3) is 0.480. The molecule has 30 heavy (non-hydrogen) atoms. The van der Waals surface area contributed by atoms with Gasteiger partial charge in [0.2, 0.25) is 5.91 Å². The van der Waals surface area contributed by atoms with E-state index in [1.807, 2.05) is 12.1 Å². The van der Waals surface area contributed by atoms with Crippen molar-refractivity contribution in [2.24, 2.45) is 0 Å². The highest BCUT2D eigenvalue weighted by Crippen LogP contribution is 2.27. The summed E-state index contributed by atoms with van der Waals surface area (Å²) < 4.78 is 0. The third-order valence-corrected chi connectivity index (χ3v) is 6.61. The van der Waals surface area contributed by atoms with E-state index in [1.54, 1.807) is 0 Å². The Bertz CT molecular complexity index is 833. The van der Waals surface area contributed by atoms with Crippen LogP contribution in [0.25, 0.3) is 0 Å². The highest BCUT2D eigenvalue weighted by Gasteiger charge is 2.40. The number of aryl methyl sites for hydroxylation is 1. The summed E-state index contributed by atoms with van der Waals surface area (Å²) in [5, 5.41) is 13.4. The molecule has 0 unspecified atom stereocenters. The molecule has 0 aliphatic carbocycles. The van der Waals surface area contributed by atoms with Crippen molar-refractivity contribution in [1.29, 1.82) is 0 Å². The number of aliphatic hydroxyl groups is 1. The van der Waals surface area contributed by atoms with Crippen molar-refractivity contribution >= 4 is 5.91 Å². The Balaban J connectivity index is 1.31. The zero-order chi connectivity index (χ0) is 20.9. The van der Waals surface area contributed by atoms with Crippen LogP contribution in [0.4, 0.5) is 0 Å². The van der Waals surface area contributed by atoms with Crippen molar-refractivity contribution in [3.63, 3.8) is 0 Å². The zero-order valence-electron chi connectivity index (χ0n) is 17.8. The molecule has 2 aliphatic heterocycles. The molecule has 2 N–H and O–H groups in total. The minimum Gasteiger partial charge on any atom is -0.392 e. The van der Waals surface area contributed by atoms with Gasteiger partial charge < -0.3 is 10.4 Å². The average Bonchev–Trinajstić information content (AvgIpc) is 3.16. The van der Waals surface area contributed by atoms with Crippen LogP contribution >= 0.6 is 0 Å². The molecule has 2 aliphatic rings. The number of benzene rings is 2. The lowest BCUT2D eigenvalue weighted by Crippen LogP contribution is -2.51. The Labute approximate surface area is 179 Å². The van der Waals surface area contributed by atoms with Crippen LogP contribution in [0.15, 0.2) is 54.6 Å². The van der Waals surface area contributed by atoms with Gasteiger partial charge in [-0.15, -0.1) is 0 Å². The molecule has 5 nitrogen and oxygen atoms in total. The molecule has 0 radical (unpaired) electrons. The number of carbonyl (C=O) groups excluding carboxylic acids is 1. The van der Waals surface area contributed by atoms with Gasteiger partial charge in [-0.2, -0.15) is 0 Å². The number of likely N-dealkylation sites (tertiary alicyclic amines) is 2. The monoisotopic (exact) mass is 407 g/mol. The average molecular weight is 408 g/mol. The van der Waals surface area contributed by atoms with E-state index >= 15 is 0 Å². The fourth-order valence-corrected chi connectivity index (χ4v) is 4.86. The van der Waals surface area contributed by atoms with Crippen LogP contribution in [0.3, 0.4) is 0 Å². The van der Waals surface area contributed by atoms with E-state index in [4.69, 9.17) is 0 Å². The van der Waals surface area contributed by atoms with Crippen LogP contribution in [-0.4, -0.2) is 58.6 Å². The van der Waals surface area contributed by atoms with Crippen LogP contribution in [-0.2, 0) is 17.9 Å². The van der Waals surface area contributed by atoms with Gasteiger partial charge in [0.15, 0.2) is 0 Å². The van der Waals surface area contributed by atoms with Gasteiger partial charge >= 0.3 is 0 Å². The molecule has 4 rings (SSSR count). The molecule has 0 aromatic heterocycles. The Morgan fingerprint density at radius 1 is 1.07 bits per heavy atom. The minimum atomic E-state index is -0.415. The van der Waals surface area contributed by atoms with Gasteiger partial charge in [0.1, 0.15) is 0 Å².